The molecule has 0 unspecified atom stereocenters. The minimum Gasteiger partial charge on any atom is -0.452 e. The average Bonchev–Trinajstić information content (AvgIpc) is 2.36. The van der Waals surface area contributed by atoms with E-state index in [1.165, 1.54) is 18.2 Å². The first-order valence-electron chi connectivity index (χ1n) is 5.25. The lowest BCUT2D eigenvalue weighted by molar-refractivity contribution is -0.140. The molecule has 1 rings (SSSR count). The highest BCUT2D eigenvalue weighted by molar-refractivity contribution is 6.33. The molecule has 0 heterocycles. The third-order valence-electron chi connectivity index (χ3n) is 2.09. The predicted molar refractivity (Wildman–Crippen MR) is 65.2 cm³/mol. The van der Waals surface area contributed by atoms with Gasteiger partial charge in [-0.2, -0.15) is 13.2 Å². The largest absolute Gasteiger partial charge is 0.452 e. The lowest BCUT2D eigenvalue weighted by atomic mass is 10.2. The quantitative estimate of drug-likeness (QED) is 0.656. The highest BCUT2D eigenvalue weighted by Crippen LogP contribution is 2.22. The molecule has 1 aromatic carbocycles. The minimum absolute atomic E-state index is 0.0325. The molecule has 0 spiro atoms. The van der Waals surface area contributed by atoms with Gasteiger partial charge in [-0.1, -0.05) is 17.7 Å². The molecule has 5 nitrogen and oxygen atoms in total. The molecule has 0 atom stereocenters. The van der Waals surface area contributed by atoms with Crippen molar-refractivity contribution >= 4 is 29.2 Å². The second-order valence-electron chi connectivity index (χ2n) is 3.67. The van der Waals surface area contributed by atoms with Gasteiger partial charge in [-0.25, -0.2) is 4.79 Å². The molecule has 3 N–H and O–H groups in total. The van der Waals surface area contributed by atoms with Crippen molar-refractivity contribution in [3.8, 4) is 0 Å². The van der Waals surface area contributed by atoms with E-state index in [-0.39, 0.29) is 16.3 Å². The van der Waals surface area contributed by atoms with Crippen molar-refractivity contribution in [2.45, 2.75) is 6.18 Å². The first-order valence-corrected chi connectivity index (χ1v) is 5.63. The van der Waals surface area contributed by atoms with Crippen LogP contribution >= 0.6 is 11.6 Å². The fourth-order valence-electron chi connectivity index (χ4n) is 1.17. The molecule has 0 radical (unpaired) electrons. The molecule has 1 amide bonds. The summed E-state index contributed by atoms with van der Waals surface area (Å²) in [4.78, 5) is 22.6. The van der Waals surface area contributed by atoms with E-state index in [2.05, 4.69) is 4.74 Å². The summed E-state index contributed by atoms with van der Waals surface area (Å²) in [5, 5.41) is 1.68. The van der Waals surface area contributed by atoms with Crippen molar-refractivity contribution in [3.05, 3.63) is 28.8 Å². The van der Waals surface area contributed by atoms with Crippen molar-refractivity contribution in [1.82, 2.24) is 5.32 Å². The molecular formula is C11H10ClF3N2O3. The van der Waals surface area contributed by atoms with Gasteiger partial charge in [-0.3, -0.25) is 4.79 Å². The van der Waals surface area contributed by atoms with E-state index >= 15 is 0 Å². The Bertz CT molecular complexity index is 520. The zero-order chi connectivity index (χ0) is 15.3. The van der Waals surface area contributed by atoms with Gasteiger partial charge >= 0.3 is 12.1 Å². The molecule has 0 aliphatic carbocycles. The molecule has 0 aliphatic rings. The number of para-hydroxylation sites is 1. The van der Waals surface area contributed by atoms with Gasteiger partial charge in [0.25, 0.3) is 5.91 Å². The number of halogens is 4. The predicted octanol–water partition coefficient (Wildman–Crippen LogP) is 1.76. The normalized spacial score (nSPS) is 11.0. The minimum atomic E-state index is -4.53. The first-order chi connectivity index (χ1) is 9.20. The summed E-state index contributed by atoms with van der Waals surface area (Å²) in [7, 11) is 0. The Kier molecular flexibility index (Phi) is 5.20. The van der Waals surface area contributed by atoms with Gasteiger partial charge in [-0.15, -0.1) is 0 Å². The third kappa shape index (κ3) is 4.96. The zero-order valence-electron chi connectivity index (χ0n) is 9.96. The second kappa shape index (κ2) is 6.47. The number of alkyl halides is 3. The van der Waals surface area contributed by atoms with Gasteiger partial charge in [0.2, 0.25) is 0 Å². The summed E-state index contributed by atoms with van der Waals surface area (Å²) in [5.74, 6) is -2.02. The molecule has 9 heteroatoms. The highest BCUT2D eigenvalue weighted by atomic mass is 35.5. The fraction of sp³-hybridized carbons (Fsp3) is 0.273. The fourth-order valence-corrected chi connectivity index (χ4v) is 1.35. The lowest BCUT2D eigenvalue weighted by Crippen LogP contribution is -2.36. The van der Waals surface area contributed by atoms with Gasteiger partial charge in [0.05, 0.1) is 16.3 Å². The molecule has 0 aromatic heterocycles. The smallest absolute Gasteiger partial charge is 0.405 e. The number of benzene rings is 1. The Morgan fingerprint density at radius 3 is 2.60 bits per heavy atom. The van der Waals surface area contributed by atoms with Crippen LogP contribution < -0.4 is 11.1 Å². The van der Waals surface area contributed by atoms with Crippen LogP contribution in [0.3, 0.4) is 0 Å². The van der Waals surface area contributed by atoms with Crippen LogP contribution in [0.5, 0.6) is 0 Å². The number of nitrogen functional groups attached to an aromatic ring is 1. The number of carbonyl (C=O) groups is 2. The molecular weight excluding hydrogens is 301 g/mol. The van der Waals surface area contributed by atoms with Crippen LogP contribution in [0.15, 0.2) is 18.2 Å². The molecule has 1 aromatic rings. The summed E-state index contributed by atoms with van der Waals surface area (Å²) >= 11 is 5.68. The SMILES string of the molecule is Nc1c(Cl)cccc1C(=O)OCC(=O)NCC(F)(F)F. The third-order valence-corrected chi connectivity index (χ3v) is 2.42. The van der Waals surface area contributed by atoms with Crippen LogP contribution in [0, 0.1) is 0 Å². The molecule has 0 aliphatic heterocycles. The van der Waals surface area contributed by atoms with Crippen LogP contribution in [0.2, 0.25) is 5.02 Å². The van der Waals surface area contributed by atoms with E-state index in [1.807, 2.05) is 0 Å². The number of ether oxygens (including phenoxy) is 1. The maximum atomic E-state index is 11.8. The lowest BCUT2D eigenvalue weighted by Gasteiger charge is -2.09. The van der Waals surface area contributed by atoms with E-state index in [4.69, 9.17) is 17.3 Å². The molecule has 20 heavy (non-hydrogen) atoms. The van der Waals surface area contributed by atoms with Crippen LogP contribution in [-0.4, -0.2) is 31.2 Å². The maximum absolute atomic E-state index is 11.8. The first kappa shape index (κ1) is 16.1. The van der Waals surface area contributed by atoms with Crippen molar-refractivity contribution in [2.75, 3.05) is 18.9 Å². The molecule has 0 saturated heterocycles. The standard InChI is InChI=1S/C11H10ClF3N2O3/c12-7-3-1-2-6(9(7)16)10(19)20-4-8(18)17-5-11(13,14)15/h1-3H,4-5,16H2,(H,17,18). The Labute approximate surface area is 116 Å². The summed E-state index contributed by atoms with van der Waals surface area (Å²) < 4.78 is 40.0. The average molecular weight is 311 g/mol. The number of rotatable bonds is 4. The van der Waals surface area contributed by atoms with Gasteiger partial charge in [0, 0.05) is 0 Å². The Morgan fingerprint density at radius 1 is 1.35 bits per heavy atom. The van der Waals surface area contributed by atoms with Gasteiger partial charge in [0.1, 0.15) is 6.54 Å². The monoisotopic (exact) mass is 310 g/mol. The second-order valence-corrected chi connectivity index (χ2v) is 4.08. The number of hydrogen-bond donors (Lipinski definition) is 2. The number of amides is 1. The Hall–Kier alpha value is -1.96. The Balaban J connectivity index is 2.51. The summed E-state index contributed by atoms with van der Waals surface area (Å²) in [6.45, 7) is -2.34. The van der Waals surface area contributed by atoms with Crippen molar-refractivity contribution in [2.24, 2.45) is 0 Å². The van der Waals surface area contributed by atoms with Crippen LogP contribution in [0.25, 0.3) is 0 Å². The van der Waals surface area contributed by atoms with Crippen molar-refractivity contribution in [1.29, 1.82) is 0 Å². The number of esters is 1. The maximum Gasteiger partial charge on any atom is 0.405 e. The van der Waals surface area contributed by atoms with E-state index in [0.717, 1.165) is 0 Å². The number of anilines is 1. The molecule has 110 valence electrons. The van der Waals surface area contributed by atoms with Crippen molar-refractivity contribution < 1.29 is 27.5 Å². The number of nitrogens with one attached hydrogen (secondary N) is 1. The van der Waals surface area contributed by atoms with E-state index in [0.29, 0.717) is 0 Å². The number of hydrogen-bond acceptors (Lipinski definition) is 4. The molecule has 0 saturated carbocycles. The van der Waals surface area contributed by atoms with E-state index in [9.17, 15) is 22.8 Å². The van der Waals surface area contributed by atoms with E-state index < -0.39 is 31.2 Å². The summed E-state index contributed by atoms with van der Waals surface area (Å²) in [6.07, 6.45) is -4.53. The zero-order valence-corrected chi connectivity index (χ0v) is 10.7. The topological polar surface area (TPSA) is 81.4 Å². The highest BCUT2D eigenvalue weighted by Gasteiger charge is 2.27. The number of carbonyl (C=O) groups excluding carboxylic acids is 2. The van der Waals surface area contributed by atoms with Crippen molar-refractivity contribution in [3.63, 3.8) is 0 Å². The molecule has 0 bridgehead atoms. The van der Waals surface area contributed by atoms with Gasteiger partial charge < -0.3 is 15.8 Å². The summed E-state index contributed by atoms with van der Waals surface area (Å²) in [5.41, 5.74) is 5.42. The number of nitrogens with two attached hydrogens (primary N) is 1. The van der Waals surface area contributed by atoms with Gasteiger partial charge in [0.15, 0.2) is 6.61 Å². The Morgan fingerprint density at radius 2 is 2.00 bits per heavy atom. The van der Waals surface area contributed by atoms with E-state index in [1.54, 1.807) is 5.32 Å². The van der Waals surface area contributed by atoms with Crippen LogP contribution in [0.4, 0.5) is 18.9 Å². The summed E-state index contributed by atoms with van der Waals surface area (Å²) in [6, 6.07) is 4.21. The van der Waals surface area contributed by atoms with Crippen LogP contribution in [-0.2, 0) is 9.53 Å². The van der Waals surface area contributed by atoms with Crippen LogP contribution in [0.1, 0.15) is 10.4 Å². The molecule has 0 fully saturated rings. The van der Waals surface area contributed by atoms with Gasteiger partial charge in [-0.05, 0) is 12.1 Å².